The first-order chi connectivity index (χ1) is 11.4. The van der Waals surface area contributed by atoms with Gasteiger partial charge in [0.25, 0.3) is 0 Å². The van der Waals surface area contributed by atoms with Crippen LogP contribution < -0.4 is 5.32 Å². The maximum atomic E-state index is 12.5. The van der Waals surface area contributed by atoms with Gasteiger partial charge in [0.2, 0.25) is 5.91 Å². The van der Waals surface area contributed by atoms with Crippen LogP contribution in [0, 0.1) is 12.8 Å². The summed E-state index contributed by atoms with van der Waals surface area (Å²) in [6.45, 7) is 5.67. The lowest BCUT2D eigenvalue weighted by Gasteiger charge is -2.14. The number of hydrogen-bond donors (Lipinski definition) is 1. The van der Waals surface area contributed by atoms with Gasteiger partial charge in [-0.25, -0.2) is 9.59 Å². The molecule has 1 amide bonds. The Morgan fingerprint density at radius 3 is 2.25 bits per heavy atom. The highest BCUT2D eigenvalue weighted by Crippen LogP contribution is 2.34. The fourth-order valence-corrected chi connectivity index (χ4v) is 3.54. The highest BCUT2D eigenvalue weighted by Gasteiger charge is 2.28. The van der Waals surface area contributed by atoms with Gasteiger partial charge in [0, 0.05) is 5.92 Å². The van der Waals surface area contributed by atoms with Crippen LogP contribution in [-0.4, -0.2) is 32.1 Å². The summed E-state index contributed by atoms with van der Waals surface area (Å²) in [7, 11) is 2.54. The number of methoxy groups -OCH3 is 2. The second kappa shape index (κ2) is 9.42. The third-order valence-electron chi connectivity index (χ3n) is 3.91. The van der Waals surface area contributed by atoms with Gasteiger partial charge >= 0.3 is 11.9 Å². The molecule has 24 heavy (non-hydrogen) atoms. The van der Waals surface area contributed by atoms with E-state index in [1.54, 1.807) is 6.92 Å². The number of amides is 1. The van der Waals surface area contributed by atoms with Gasteiger partial charge in [0.1, 0.15) is 9.88 Å². The number of unbranched alkanes of at least 4 members (excludes halogenated alkanes) is 1. The van der Waals surface area contributed by atoms with E-state index in [2.05, 4.69) is 12.2 Å². The Balaban J connectivity index is 3.15. The van der Waals surface area contributed by atoms with Crippen LogP contribution in [0.1, 0.15) is 65.1 Å². The van der Waals surface area contributed by atoms with Gasteiger partial charge in [-0.05, 0) is 25.3 Å². The molecule has 0 aliphatic carbocycles. The van der Waals surface area contributed by atoms with Crippen molar-refractivity contribution < 1.29 is 23.9 Å². The van der Waals surface area contributed by atoms with Crippen LogP contribution in [0.2, 0.25) is 0 Å². The fourth-order valence-electron chi connectivity index (χ4n) is 2.42. The molecule has 1 aromatic heterocycles. The summed E-state index contributed by atoms with van der Waals surface area (Å²) in [6, 6.07) is 0. The van der Waals surface area contributed by atoms with E-state index in [0.29, 0.717) is 17.0 Å². The first-order valence-electron chi connectivity index (χ1n) is 8.01. The molecule has 1 rings (SSSR count). The number of carbonyl (C=O) groups is 3. The number of hydrogen-bond acceptors (Lipinski definition) is 6. The quantitative estimate of drug-likeness (QED) is 0.718. The van der Waals surface area contributed by atoms with E-state index in [1.165, 1.54) is 14.2 Å². The molecule has 0 bridgehead atoms. The van der Waals surface area contributed by atoms with Crippen LogP contribution in [-0.2, 0) is 14.3 Å². The Morgan fingerprint density at radius 1 is 1.12 bits per heavy atom. The highest BCUT2D eigenvalue weighted by molar-refractivity contribution is 7.18. The lowest BCUT2D eigenvalue weighted by Crippen LogP contribution is -2.23. The second-order valence-electron chi connectivity index (χ2n) is 5.48. The van der Waals surface area contributed by atoms with Crippen LogP contribution in [0.15, 0.2) is 0 Å². The van der Waals surface area contributed by atoms with E-state index in [9.17, 15) is 14.4 Å². The van der Waals surface area contributed by atoms with Crippen molar-refractivity contribution >= 4 is 34.2 Å². The van der Waals surface area contributed by atoms with Gasteiger partial charge in [-0.15, -0.1) is 11.3 Å². The molecule has 0 saturated carbocycles. The molecule has 134 valence electrons. The lowest BCUT2D eigenvalue weighted by molar-refractivity contribution is -0.120. The van der Waals surface area contributed by atoms with E-state index in [0.717, 1.165) is 30.6 Å². The Labute approximate surface area is 146 Å². The summed E-state index contributed by atoms with van der Waals surface area (Å²) in [4.78, 5) is 36.7. The number of anilines is 1. The van der Waals surface area contributed by atoms with Crippen molar-refractivity contribution in [1.29, 1.82) is 0 Å². The molecule has 0 fully saturated rings. The van der Waals surface area contributed by atoms with Crippen molar-refractivity contribution in [2.75, 3.05) is 19.5 Å². The summed E-state index contributed by atoms with van der Waals surface area (Å²) in [6.07, 6.45) is 3.49. The van der Waals surface area contributed by atoms with Crippen LogP contribution in [0.3, 0.4) is 0 Å². The molecule has 1 heterocycles. The van der Waals surface area contributed by atoms with Gasteiger partial charge in [-0.1, -0.05) is 26.7 Å². The number of esters is 2. The minimum atomic E-state index is -0.587. The molecule has 6 nitrogen and oxygen atoms in total. The molecule has 0 radical (unpaired) electrons. The van der Waals surface area contributed by atoms with E-state index in [-0.39, 0.29) is 22.3 Å². The zero-order valence-electron chi connectivity index (χ0n) is 14.9. The van der Waals surface area contributed by atoms with Crippen molar-refractivity contribution in [3.63, 3.8) is 0 Å². The number of ether oxygens (including phenoxy) is 2. The molecule has 1 atom stereocenters. The first kappa shape index (κ1) is 20.2. The molecule has 1 aromatic rings. The monoisotopic (exact) mass is 355 g/mol. The number of nitrogens with one attached hydrogen (secondary N) is 1. The fraction of sp³-hybridized carbons (Fsp3) is 0.588. The Hall–Kier alpha value is -1.89. The van der Waals surface area contributed by atoms with Crippen LogP contribution in [0.4, 0.5) is 5.00 Å². The third kappa shape index (κ3) is 4.56. The predicted molar refractivity (Wildman–Crippen MR) is 93.7 cm³/mol. The molecule has 0 saturated heterocycles. The van der Waals surface area contributed by atoms with Crippen molar-refractivity contribution in [3.05, 3.63) is 16.0 Å². The van der Waals surface area contributed by atoms with Crippen LogP contribution in [0.25, 0.3) is 0 Å². The molecule has 0 aliphatic rings. The first-order valence-corrected chi connectivity index (χ1v) is 8.83. The van der Waals surface area contributed by atoms with Crippen molar-refractivity contribution in [1.82, 2.24) is 0 Å². The standard InChI is InChI=1S/C17H25NO5S/c1-6-8-9-11(7-2)14(19)18-15-12(16(20)22-4)10(3)13(24-15)17(21)23-5/h11H,6-9H2,1-5H3,(H,18,19). The summed E-state index contributed by atoms with van der Waals surface area (Å²) in [5, 5.41) is 3.13. The Morgan fingerprint density at radius 2 is 1.75 bits per heavy atom. The summed E-state index contributed by atoms with van der Waals surface area (Å²) < 4.78 is 9.51. The predicted octanol–water partition coefficient (Wildman–Crippen LogP) is 3.78. The largest absolute Gasteiger partial charge is 0.465 e. The second-order valence-corrected chi connectivity index (χ2v) is 6.50. The van der Waals surface area contributed by atoms with Gasteiger partial charge in [-0.2, -0.15) is 0 Å². The topological polar surface area (TPSA) is 81.7 Å². The zero-order chi connectivity index (χ0) is 18.3. The summed E-state index contributed by atoms with van der Waals surface area (Å²) >= 11 is 1.04. The number of rotatable bonds is 8. The zero-order valence-corrected chi connectivity index (χ0v) is 15.7. The maximum absolute atomic E-state index is 12.5. The van der Waals surface area contributed by atoms with Gasteiger partial charge in [-0.3, -0.25) is 4.79 Å². The van der Waals surface area contributed by atoms with E-state index < -0.39 is 11.9 Å². The molecule has 1 unspecified atom stereocenters. The molecular weight excluding hydrogens is 330 g/mol. The molecule has 0 aliphatic heterocycles. The maximum Gasteiger partial charge on any atom is 0.348 e. The molecule has 0 aromatic carbocycles. The minimum Gasteiger partial charge on any atom is -0.465 e. The molecule has 1 N–H and O–H groups in total. The lowest BCUT2D eigenvalue weighted by atomic mass is 9.98. The average Bonchev–Trinajstić information content (AvgIpc) is 2.90. The normalized spacial score (nSPS) is 11.7. The summed E-state index contributed by atoms with van der Waals surface area (Å²) in [5.74, 6) is -1.40. The minimum absolute atomic E-state index is 0.126. The van der Waals surface area contributed by atoms with Crippen LogP contribution >= 0.6 is 11.3 Å². The Bertz CT molecular complexity index is 608. The van der Waals surface area contributed by atoms with E-state index in [4.69, 9.17) is 9.47 Å². The van der Waals surface area contributed by atoms with E-state index >= 15 is 0 Å². The van der Waals surface area contributed by atoms with Crippen molar-refractivity contribution in [2.24, 2.45) is 5.92 Å². The SMILES string of the molecule is CCCCC(CC)C(=O)Nc1sc(C(=O)OC)c(C)c1C(=O)OC. The van der Waals surface area contributed by atoms with Gasteiger partial charge in [0.15, 0.2) is 0 Å². The molecular formula is C17H25NO5S. The smallest absolute Gasteiger partial charge is 0.348 e. The van der Waals surface area contributed by atoms with Gasteiger partial charge < -0.3 is 14.8 Å². The number of carbonyl (C=O) groups excluding carboxylic acids is 3. The Kier molecular flexibility index (Phi) is 7.91. The third-order valence-corrected chi connectivity index (χ3v) is 5.10. The molecule has 7 heteroatoms. The van der Waals surface area contributed by atoms with Crippen molar-refractivity contribution in [2.45, 2.75) is 46.5 Å². The number of thiophene rings is 1. The van der Waals surface area contributed by atoms with Crippen LogP contribution in [0.5, 0.6) is 0 Å². The average molecular weight is 355 g/mol. The highest BCUT2D eigenvalue weighted by atomic mass is 32.1. The molecule has 0 spiro atoms. The van der Waals surface area contributed by atoms with Crippen molar-refractivity contribution in [3.8, 4) is 0 Å². The van der Waals surface area contributed by atoms with Gasteiger partial charge in [0.05, 0.1) is 19.8 Å². The summed E-state index contributed by atoms with van der Waals surface area (Å²) in [5.41, 5.74) is 0.664. The van der Waals surface area contributed by atoms with E-state index in [1.807, 2.05) is 6.92 Å².